The average molecular weight is 292 g/mol. The number of nitrogens with zero attached hydrogens (tertiary/aromatic N) is 4. The Balaban J connectivity index is 2.21. The van der Waals surface area contributed by atoms with Crippen LogP contribution in [0.15, 0.2) is 6.33 Å². The Hall–Kier alpha value is -1.23. The molecule has 21 heavy (non-hydrogen) atoms. The fourth-order valence-electron chi connectivity index (χ4n) is 3.43. The van der Waals surface area contributed by atoms with E-state index in [1.165, 1.54) is 12.8 Å². The van der Waals surface area contributed by atoms with Crippen molar-refractivity contribution in [2.75, 3.05) is 14.1 Å². The first kappa shape index (κ1) is 16.1. The van der Waals surface area contributed by atoms with E-state index in [-0.39, 0.29) is 11.6 Å². The summed E-state index contributed by atoms with van der Waals surface area (Å²) < 4.78 is 1.86. The van der Waals surface area contributed by atoms with Crippen LogP contribution in [-0.2, 0) is 11.2 Å². The summed E-state index contributed by atoms with van der Waals surface area (Å²) in [4.78, 5) is 19.5. The highest BCUT2D eigenvalue weighted by Crippen LogP contribution is 2.32. The van der Waals surface area contributed by atoms with Gasteiger partial charge in [0, 0.05) is 6.04 Å². The Morgan fingerprint density at radius 3 is 2.43 bits per heavy atom. The molecule has 1 fully saturated rings. The number of hydrogen-bond acceptors (Lipinski definition) is 4. The predicted octanol–water partition coefficient (Wildman–Crippen LogP) is 2.63. The fraction of sp³-hybridized carbons (Fsp3) is 0.812. The van der Waals surface area contributed by atoms with Gasteiger partial charge in [-0.05, 0) is 40.8 Å². The van der Waals surface area contributed by atoms with Crippen LogP contribution in [0, 0.1) is 0 Å². The second-order valence-corrected chi connectivity index (χ2v) is 6.65. The maximum Gasteiger partial charge on any atom is 0.160 e. The van der Waals surface area contributed by atoms with Crippen LogP contribution in [-0.4, -0.2) is 45.1 Å². The standard InChI is InChI=1S/C16H28N4O/c1-13(2)20-15(17-12-18-20)11-14(21)16(19(3)4)9-7-5-6-8-10-16/h12-13H,5-11H2,1-4H3. The van der Waals surface area contributed by atoms with Gasteiger partial charge in [-0.25, -0.2) is 9.67 Å². The van der Waals surface area contributed by atoms with Gasteiger partial charge in [-0.15, -0.1) is 0 Å². The summed E-state index contributed by atoms with van der Waals surface area (Å²) in [6.45, 7) is 4.13. The summed E-state index contributed by atoms with van der Waals surface area (Å²) in [7, 11) is 4.08. The maximum atomic E-state index is 13.0. The quantitative estimate of drug-likeness (QED) is 0.783. The topological polar surface area (TPSA) is 51.0 Å². The number of ketones is 1. The number of aromatic nitrogens is 3. The minimum absolute atomic E-state index is 0.236. The maximum absolute atomic E-state index is 13.0. The highest BCUT2D eigenvalue weighted by Gasteiger charge is 2.40. The van der Waals surface area contributed by atoms with Crippen LogP contribution >= 0.6 is 0 Å². The molecule has 5 heteroatoms. The van der Waals surface area contributed by atoms with Gasteiger partial charge in [-0.2, -0.15) is 5.10 Å². The zero-order chi connectivity index (χ0) is 15.5. The number of Topliss-reactive ketones (excluding diaryl/α,β-unsaturated/α-hetero) is 1. The monoisotopic (exact) mass is 292 g/mol. The summed E-state index contributed by atoms with van der Waals surface area (Å²) in [6.07, 6.45) is 8.63. The second kappa shape index (κ2) is 6.69. The van der Waals surface area contributed by atoms with Crippen molar-refractivity contribution in [3.8, 4) is 0 Å². The van der Waals surface area contributed by atoms with Crippen molar-refractivity contribution >= 4 is 5.78 Å². The van der Waals surface area contributed by atoms with Crippen molar-refractivity contribution in [2.24, 2.45) is 0 Å². The molecular formula is C16H28N4O. The largest absolute Gasteiger partial charge is 0.297 e. The molecule has 1 heterocycles. The molecule has 0 spiro atoms. The third kappa shape index (κ3) is 3.34. The second-order valence-electron chi connectivity index (χ2n) is 6.65. The zero-order valence-electron chi connectivity index (χ0n) is 13.8. The number of carbonyl (C=O) groups excluding carboxylic acids is 1. The van der Waals surface area contributed by atoms with E-state index in [9.17, 15) is 4.79 Å². The number of hydrogen-bond donors (Lipinski definition) is 0. The molecule has 0 radical (unpaired) electrons. The van der Waals surface area contributed by atoms with Crippen molar-refractivity contribution in [1.29, 1.82) is 0 Å². The third-order valence-corrected chi connectivity index (χ3v) is 4.76. The van der Waals surface area contributed by atoms with Crippen molar-refractivity contribution in [1.82, 2.24) is 19.7 Å². The highest BCUT2D eigenvalue weighted by molar-refractivity contribution is 5.89. The van der Waals surface area contributed by atoms with Crippen LogP contribution in [0.25, 0.3) is 0 Å². The molecule has 1 aromatic heterocycles. The van der Waals surface area contributed by atoms with Gasteiger partial charge >= 0.3 is 0 Å². The van der Waals surface area contributed by atoms with E-state index in [2.05, 4.69) is 28.8 Å². The number of carbonyl (C=O) groups is 1. The third-order valence-electron chi connectivity index (χ3n) is 4.76. The molecular weight excluding hydrogens is 264 g/mol. The molecule has 0 aromatic carbocycles. The van der Waals surface area contributed by atoms with Gasteiger partial charge in [0.1, 0.15) is 12.2 Å². The van der Waals surface area contributed by atoms with Crippen molar-refractivity contribution in [2.45, 2.75) is 70.4 Å². The first-order chi connectivity index (χ1) is 9.97. The smallest absolute Gasteiger partial charge is 0.160 e. The van der Waals surface area contributed by atoms with Crippen LogP contribution in [0.3, 0.4) is 0 Å². The molecule has 1 aromatic rings. The van der Waals surface area contributed by atoms with Gasteiger partial charge in [-0.1, -0.05) is 25.7 Å². The van der Waals surface area contributed by atoms with E-state index >= 15 is 0 Å². The van der Waals surface area contributed by atoms with Crippen molar-refractivity contribution < 1.29 is 4.79 Å². The normalized spacial score (nSPS) is 19.0. The molecule has 1 aliphatic carbocycles. The Morgan fingerprint density at radius 2 is 1.90 bits per heavy atom. The molecule has 0 bridgehead atoms. The van der Waals surface area contributed by atoms with Crippen LogP contribution in [0.4, 0.5) is 0 Å². The molecule has 2 rings (SSSR count). The molecule has 1 saturated carbocycles. The minimum Gasteiger partial charge on any atom is -0.297 e. The Bertz CT molecular complexity index is 470. The van der Waals surface area contributed by atoms with E-state index in [1.807, 2.05) is 18.8 Å². The predicted molar refractivity (Wildman–Crippen MR) is 83.2 cm³/mol. The van der Waals surface area contributed by atoms with Crippen LogP contribution in [0.1, 0.15) is 64.2 Å². The summed E-state index contributed by atoms with van der Waals surface area (Å²) in [5.41, 5.74) is -0.315. The highest BCUT2D eigenvalue weighted by atomic mass is 16.1. The van der Waals surface area contributed by atoms with E-state index in [1.54, 1.807) is 6.33 Å². The van der Waals surface area contributed by atoms with E-state index in [0.29, 0.717) is 12.2 Å². The number of likely N-dealkylation sites (N-methyl/N-ethyl adjacent to an activating group) is 1. The molecule has 0 unspecified atom stereocenters. The lowest BCUT2D eigenvalue weighted by Crippen LogP contribution is -2.51. The lowest BCUT2D eigenvalue weighted by molar-refractivity contribution is -0.130. The summed E-state index contributed by atoms with van der Waals surface area (Å²) in [5.74, 6) is 1.09. The van der Waals surface area contributed by atoms with Crippen LogP contribution < -0.4 is 0 Å². The fourth-order valence-corrected chi connectivity index (χ4v) is 3.43. The zero-order valence-corrected chi connectivity index (χ0v) is 13.8. The molecule has 0 saturated heterocycles. The molecule has 0 atom stereocenters. The van der Waals surface area contributed by atoms with E-state index in [0.717, 1.165) is 31.5 Å². The first-order valence-electron chi connectivity index (χ1n) is 8.06. The van der Waals surface area contributed by atoms with Crippen LogP contribution in [0.2, 0.25) is 0 Å². The average Bonchev–Trinajstić information content (AvgIpc) is 2.74. The molecule has 0 amide bonds. The van der Waals surface area contributed by atoms with Gasteiger partial charge in [0.15, 0.2) is 5.78 Å². The van der Waals surface area contributed by atoms with E-state index < -0.39 is 0 Å². The molecule has 5 nitrogen and oxygen atoms in total. The lowest BCUT2D eigenvalue weighted by Gasteiger charge is -2.38. The van der Waals surface area contributed by atoms with Gasteiger partial charge in [0.2, 0.25) is 0 Å². The van der Waals surface area contributed by atoms with Crippen molar-refractivity contribution in [3.05, 3.63) is 12.2 Å². The molecule has 118 valence electrons. The van der Waals surface area contributed by atoms with Gasteiger partial charge in [0.05, 0.1) is 12.0 Å². The summed E-state index contributed by atoms with van der Waals surface area (Å²) in [5, 5.41) is 4.24. The van der Waals surface area contributed by atoms with Gasteiger partial charge in [0.25, 0.3) is 0 Å². The Kier molecular flexibility index (Phi) is 5.14. The minimum atomic E-state index is -0.315. The molecule has 0 aliphatic heterocycles. The molecule has 1 aliphatic rings. The van der Waals surface area contributed by atoms with Crippen molar-refractivity contribution in [3.63, 3.8) is 0 Å². The van der Waals surface area contributed by atoms with Gasteiger partial charge < -0.3 is 0 Å². The SMILES string of the molecule is CC(C)n1ncnc1CC(=O)C1(N(C)C)CCCCCC1. The Labute approximate surface area is 127 Å². The lowest BCUT2D eigenvalue weighted by atomic mass is 9.83. The van der Waals surface area contributed by atoms with Gasteiger partial charge in [-0.3, -0.25) is 9.69 Å². The number of rotatable bonds is 5. The van der Waals surface area contributed by atoms with E-state index in [4.69, 9.17) is 0 Å². The molecule has 0 N–H and O–H groups in total. The van der Waals surface area contributed by atoms with Crippen LogP contribution in [0.5, 0.6) is 0 Å². The first-order valence-corrected chi connectivity index (χ1v) is 8.06. The Morgan fingerprint density at radius 1 is 1.29 bits per heavy atom. The summed E-state index contributed by atoms with van der Waals surface area (Å²) >= 11 is 0. The summed E-state index contributed by atoms with van der Waals surface area (Å²) in [6, 6.07) is 0.236.